The first-order valence-electron chi connectivity index (χ1n) is 14.3. The predicted octanol–water partition coefficient (Wildman–Crippen LogP) is 9.04. The van der Waals surface area contributed by atoms with Crippen LogP contribution in [0.1, 0.15) is 73.3 Å². The molecule has 0 saturated heterocycles. The highest BCUT2D eigenvalue weighted by atomic mass is 19.4. The first kappa shape index (κ1) is 33.5. The van der Waals surface area contributed by atoms with Gasteiger partial charge in [-0.1, -0.05) is 39.8 Å². The molecule has 0 spiro atoms. The van der Waals surface area contributed by atoms with Crippen LogP contribution in [-0.2, 0) is 25.2 Å². The molecule has 2 heterocycles. The maximum Gasteiger partial charge on any atom is 0.419 e. The van der Waals surface area contributed by atoms with E-state index in [0.717, 1.165) is 35.4 Å². The topological polar surface area (TPSA) is 66.2 Å². The van der Waals surface area contributed by atoms with Crippen molar-refractivity contribution in [2.24, 2.45) is 10.8 Å². The molecule has 46 heavy (non-hydrogen) atoms. The van der Waals surface area contributed by atoms with Crippen molar-refractivity contribution in [3.8, 4) is 22.3 Å². The van der Waals surface area contributed by atoms with Crippen LogP contribution in [0, 0.1) is 22.5 Å². The molecule has 2 unspecified atom stereocenters. The van der Waals surface area contributed by atoms with Gasteiger partial charge in [-0.25, -0.2) is 8.78 Å². The molecule has 0 fully saturated rings. The van der Waals surface area contributed by atoms with Gasteiger partial charge in [0.25, 0.3) is 0 Å². The molecular weight excluding hydrogens is 620 g/mol. The number of benzene rings is 2. The summed E-state index contributed by atoms with van der Waals surface area (Å²) in [4.78, 5) is 8.09. The molecule has 2 atom stereocenters. The molecule has 12 heteroatoms. The van der Waals surface area contributed by atoms with Crippen LogP contribution in [0.25, 0.3) is 22.3 Å². The quantitative estimate of drug-likeness (QED) is 0.213. The summed E-state index contributed by atoms with van der Waals surface area (Å²) in [5.74, 6) is -2.63. The minimum absolute atomic E-state index is 0.324. The van der Waals surface area contributed by atoms with Crippen LogP contribution in [0.3, 0.4) is 0 Å². The molecule has 0 radical (unpaired) electrons. The fourth-order valence-corrected chi connectivity index (χ4v) is 6.14. The molecule has 2 aromatic heterocycles. The monoisotopic (exact) mass is 650 g/mol. The summed E-state index contributed by atoms with van der Waals surface area (Å²) in [5.41, 5.74) is 1.28. The van der Waals surface area contributed by atoms with E-state index in [4.69, 9.17) is 0 Å². The van der Waals surface area contributed by atoms with Crippen LogP contribution in [0.2, 0.25) is 0 Å². The van der Waals surface area contributed by atoms with Gasteiger partial charge in [-0.15, -0.1) is 0 Å². The first-order valence-corrected chi connectivity index (χ1v) is 14.3. The number of nitrogens with zero attached hydrogens (tertiary/aromatic N) is 2. The second kappa shape index (κ2) is 11.4. The number of rotatable bonds is 2. The fourth-order valence-electron chi connectivity index (χ4n) is 6.14. The van der Waals surface area contributed by atoms with Gasteiger partial charge in [-0.2, -0.15) is 26.3 Å². The molecular formula is C34H30F8N2O2. The van der Waals surface area contributed by atoms with Crippen molar-refractivity contribution in [2.75, 3.05) is 0 Å². The number of alkyl halides is 6. The van der Waals surface area contributed by atoms with Crippen LogP contribution in [0.15, 0.2) is 61.2 Å². The lowest BCUT2D eigenvalue weighted by Crippen LogP contribution is -2.16. The highest BCUT2D eigenvalue weighted by molar-refractivity contribution is 5.70. The Morgan fingerprint density at radius 2 is 0.957 bits per heavy atom. The van der Waals surface area contributed by atoms with Crippen LogP contribution in [-0.4, -0.2) is 20.2 Å². The summed E-state index contributed by atoms with van der Waals surface area (Å²) in [6, 6.07) is 5.69. The van der Waals surface area contributed by atoms with E-state index in [2.05, 4.69) is 9.97 Å². The Kier molecular flexibility index (Phi) is 8.30. The number of aromatic nitrogens is 2. The van der Waals surface area contributed by atoms with E-state index in [1.807, 2.05) is 27.7 Å². The molecule has 0 amide bonds. The van der Waals surface area contributed by atoms with Gasteiger partial charge in [-0.3, -0.25) is 9.97 Å². The largest absolute Gasteiger partial charge is 0.419 e. The number of fused-ring (bicyclic) bond motifs is 2. The van der Waals surface area contributed by atoms with E-state index in [1.54, 1.807) is 12.4 Å². The maximum absolute atomic E-state index is 13.8. The number of aliphatic hydroxyl groups excluding tert-OH is 2. The minimum atomic E-state index is -4.72. The second-order valence-corrected chi connectivity index (χ2v) is 13.0. The highest BCUT2D eigenvalue weighted by Gasteiger charge is 2.41. The van der Waals surface area contributed by atoms with Crippen molar-refractivity contribution in [3.05, 3.63) is 106 Å². The summed E-state index contributed by atoms with van der Waals surface area (Å²) >= 11 is 0. The van der Waals surface area contributed by atoms with Crippen molar-refractivity contribution < 1.29 is 45.3 Å². The molecule has 4 nitrogen and oxygen atoms in total. The number of aliphatic hydroxyl groups is 2. The highest BCUT2D eigenvalue weighted by Crippen LogP contribution is 2.49. The standard InChI is InChI=1S/2C17H15F4NO/c2*1-16(2)6-10-11(7-22-8-12(10)15(16)23)9-3-4-13(14(18)5-9)17(19,20)21/h2*3-5,7-8,15,23H,6H2,1-2H3. The summed E-state index contributed by atoms with van der Waals surface area (Å²) in [6.07, 6.45) is -3.67. The fraction of sp³-hybridized carbons (Fsp3) is 0.353. The number of hydrogen-bond donors (Lipinski definition) is 2. The predicted molar refractivity (Wildman–Crippen MR) is 154 cm³/mol. The molecule has 2 aliphatic carbocycles. The third-order valence-electron chi connectivity index (χ3n) is 8.69. The molecule has 0 saturated carbocycles. The molecule has 2 N–H and O–H groups in total. The SMILES string of the molecule is CC1(C)Cc2c(-c3ccc(C(F)(F)F)c(F)c3)cncc2C1O.CC1(C)Cc2c(-c3ccc(C(F)(F)F)c(F)c3)cncc2C1O. The van der Waals surface area contributed by atoms with Crippen LogP contribution < -0.4 is 0 Å². The lowest BCUT2D eigenvalue weighted by molar-refractivity contribution is -0.140. The molecule has 0 bridgehead atoms. The van der Waals surface area contributed by atoms with E-state index in [0.29, 0.717) is 46.2 Å². The van der Waals surface area contributed by atoms with Crippen molar-refractivity contribution in [1.82, 2.24) is 9.97 Å². The normalized spacial score (nSPS) is 19.7. The average Bonchev–Trinajstić information content (AvgIpc) is 3.33. The molecule has 244 valence electrons. The van der Waals surface area contributed by atoms with Gasteiger partial charge in [0.2, 0.25) is 0 Å². The average molecular weight is 651 g/mol. The van der Waals surface area contributed by atoms with Gasteiger partial charge in [0, 0.05) is 47.0 Å². The lowest BCUT2D eigenvalue weighted by atomic mass is 9.87. The molecule has 0 aliphatic heterocycles. The third-order valence-corrected chi connectivity index (χ3v) is 8.69. The summed E-state index contributed by atoms with van der Waals surface area (Å²) < 4.78 is 104. The summed E-state index contributed by atoms with van der Waals surface area (Å²) in [5, 5.41) is 20.6. The van der Waals surface area contributed by atoms with Gasteiger partial charge in [0.05, 0.1) is 23.3 Å². The smallest absolute Gasteiger partial charge is 0.388 e. The van der Waals surface area contributed by atoms with Gasteiger partial charge in [-0.05, 0) is 70.2 Å². The Hall–Kier alpha value is -3.90. The van der Waals surface area contributed by atoms with Crippen molar-refractivity contribution in [1.29, 1.82) is 0 Å². The zero-order valence-electron chi connectivity index (χ0n) is 25.2. The number of pyridine rings is 2. The van der Waals surface area contributed by atoms with Crippen LogP contribution in [0.4, 0.5) is 35.1 Å². The Labute approximate surface area is 259 Å². The summed E-state index contributed by atoms with van der Waals surface area (Å²) in [6.45, 7) is 7.59. The summed E-state index contributed by atoms with van der Waals surface area (Å²) in [7, 11) is 0. The van der Waals surface area contributed by atoms with E-state index in [1.165, 1.54) is 24.5 Å². The van der Waals surface area contributed by atoms with E-state index >= 15 is 0 Å². The lowest BCUT2D eigenvalue weighted by Gasteiger charge is -2.21. The number of halogens is 8. The Bertz CT molecular complexity index is 1670. The van der Waals surface area contributed by atoms with Crippen LogP contribution in [0.5, 0.6) is 0 Å². The van der Waals surface area contributed by atoms with Crippen LogP contribution >= 0.6 is 0 Å². The van der Waals surface area contributed by atoms with Crippen molar-refractivity contribution in [2.45, 2.75) is 65.1 Å². The molecule has 2 aliphatic rings. The zero-order valence-corrected chi connectivity index (χ0v) is 25.2. The van der Waals surface area contributed by atoms with E-state index in [9.17, 15) is 45.3 Å². The Morgan fingerprint density at radius 1 is 0.609 bits per heavy atom. The molecule has 6 rings (SSSR count). The third kappa shape index (κ3) is 6.12. The Morgan fingerprint density at radius 3 is 1.26 bits per heavy atom. The first-order chi connectivity index (χ1) is 21.2. The van der Waals surface area contributed by atoms with E-state index < -0.39 is 58.2 Å². The Balaban J connectivity index is 0.000000181. The van der Waals surface area contributed by atoms with Gasteiger partial charge in [0.15, 0.2) is 0 Å². The second-order valence-electron chi connectivity index (χ2n) is 13.0. The molecule has 2 aromatic carbocycles. The zero-order chi connectivity index (χ0) is 34.0. The van der Waals surface area contributed by atoms with Gasteiger partial charge >= 0.3 is 12.4 Å². The van der Waals surface area contributed by atoms with Gasteiger partial charge < -0.3 is 10.2 Å². The van der Waals surface area contributed by atoms with E-state index in [-0.39, 0.29) is 0 Å². The molecule has 4 aromatic rings. The van der Waals surface area contributed by atoms with Crippen molar-refractivity contribution >= 4 is 0 Å². The van der Waals surface area contributed by atoms with Gasteiger partial charge in [0.1, 0.15) is 11.6 Å². The number of hydrogen-bond acceptors (Lipinski definition) is 4. The maximum atomic E-state index is 13.8. The minimum Gasteiger partial charge on any atom is -0.388 e. The van der Waals surface area contributed by atoms with Crippen molar-refractivity contribution in [3.63, 3.8) is 0 Å².